The van der Waals surface area contributed by atoms with E-state index in [4.69, 9.17) is 0 Å². The van der Waals surface area contributed by atoms with Gasteiger partial charge in [-0.2, -0.15) is 11.8 Å². The Labute approximate surface area is 103 Å². The van der Waals surface area contributed by atoms with E-state index in [1.54, 1.807) is 0 Å². The molecule has 1 aromatic rings. The first kappa shape index (κ1) is 13.4. The van der Waals surface area contributed by atoms with Gasteiger partial charge in [0.2, 0.25) is 0 Å². The molecule has 0 spiro atoms. The lowest BCUT2D eigenvalue weighted by Crippen LogP contribution is -2.03. The number of hydrogen-bond donors (Lipinski definition) is 1. The fourth-order valence-electron chi connectivity index (χ4n) is 1.62. The van der Waals surface area contributed by atoms with Gasteiger partial charge >= 0.3 is 0 Å². The normalized spacial score (nSPS) is 10.4. The molecule has 1 aromatic heterocycles. The van der Waals surface area contributed by atoms with Gasteiger partial charge in [-0.05, 0) is 43.4 Å². The molecule has 0 aliphatic heterocycles. The molecule has 90 valence electrons. The van der Waals surface area contributed by atoms with E-state index in [9.17, 15) is 0 Å². The van der Waals surface area contributed by atoms with Gasteiger partial charge < -0.3 is 5.32 Å². The van der Waals surface area contributed by atoms with Crippen LogP contribution in [0.1, 0.15) is 31.2 Å². The second-order valence-electron chi connectivity index (χ2n) is 4.02. The molecule has 0 amide bonds. The lowest BCUT2D eigenvalue weighted by molar-refractivity contribution is 0.689. The smallest absolute Gasteiger partial charge is 0.0400 e. The summed E-state index contributed by atoms with van der Waals surface area (Å²) >= 11 is 1.94. The zero-order chi connectivity index (χ0) is 11.6. The first-order valence-electron chi connectivity index (χ1n) is 5.98. The maximum absolute atomic E-state index is 4.08. The van der Waals surface area contributed by atoms with E-state index in [-0.39, 0.29) is 0 Å². The van der Waals surface area contributed by atoms with Crippen LogP contribution in [0.3, 0.4) is 0 Å². The van der Waals surface area contributed by atoms with Crippen LogP contribution in [-0.2, 0) is 0 Å². The number of thioether (sulfide) groups is 1. The summed E-state index contributed by atoms with van der Waals surface area (Å²) in [6.45, 7) is 3.16. The third-order valence-electron chi connectivity index (χ3n) is 2.61. The summed E-state index contributed by atoms with van der Waals surface area (Å²) in [7, 11) is 0. The summed E-state index contributed by atoms with van der Waals surface area (Å²) in [6.07, 6.45) is 11.2. The number of unbranched alkanes of at least 4 members (excludes halogenated alkanes) is 3. The highest BCUT2D eigenvalue weighted by Crippen LogP contribution is 2.12. The number of aromatic nitrogens is 1. The van der Waals surface area contributed by atoms with Crippen molar-refractivity contribution in [1.82, 2.24) is 4.98 Å². The minimum absolute atomic E-state index is 1.07. The van der Waals surface area contributed by atoms with Gasteiger partial charge in [0, 0.05) is 24.6 Å². The van der Waals surface area contributed by atoms with Gasteiger partial charge in [-0.1, -0.05) is 12.8 Å². The fraction of sp³-hybridized carbons (Fsp3) is 0.615. The molecule has 1 N–H and O–H groups in total. The molecule has 3 heteroatoms. The molecule has 2 nitrogen and oxygen atoms in total. The van der Waals surface area contributed by atoms with Gasteiger partial charge in [0.15, 0.2) is 0 Å². The molecule has 16 heavy (non-hydrogen) atoms. The zero-order valence-electron chi connectivity index (χ0n) is 10.3. The quantitative estimate of drug-likeness (QED) is 0.699. The second kappa shape index (κ2) is 8.45. The van der Waals surface area contributed by atoms with Crippen molar-refractivity contribution in [3.63, 3.8) is 0 Å². The van der Waals surface area contributed by atoms with Crippen LogP contribution in [0.2, 0.25) is 0 Å². The Morgan fingerprint density at radius 1 is 1.25 bits per heavy atom. The number of aryl methyl sites for hydroxylation is 1. The number of anilines is 1. The van der Waals surface area contributed by atoms with Crippen LogP contribution in [-0.4, -0.2) is 23.5 Å². The molecule has 0 aromatic carbocycles. The molecule has 1 rings (SSSR count). The maximum Gasteiger partial charge on any atom is 0.0400 e. The SMILES string of the molecule is CSCCCCCCNc1ccncc1C. The van der Waals surface area contributed by atoms with Gasteiger partial charge in [0.05, 0.1) is 0 Å². The number of pyridine rings is 1. The lowest BCUT2D eigenvalue weighted by Gasteiger charge is -2.08. The summed E-state index contributed by atoms with van der Waals surface area (Å²) in [5.41, 5.74) is 2.45. The third-order valence-corrected chi connectivity index (χ3v) is 3.31. The zero-order valence-corrected chi connectivity index (χ0v) is 11.1. The van der Waals surface area contributed by atoms with Crippen molar-refractivity contribution in [3.05, 3.63) is 24.0 Å². The maximum atomic E-state index is 4.08. The molecule has 0 fully saturated rings. The predicted octanol–water partition coefficient (Wildman–Crippen LogP) is 3.73. The Balaban J connectivity index is 2.05. The van der Waals surface area contributed by atoms with Crippen molar-refractivity contribution in [2.24, 2.45) is 0 Å². The Bertz CT molecular complexity index is 289. The average molecular weight is 238 g/mol. The fourth-order valence-corrected chi connectivity index (χ4v) is 2.11. The number of nitrogens with one attached hydrogen (secondary N) is 1. The largest absolute Gasteiger partial charge is 0.385 e. The van der Waals surface area contributed by atoms with E-state index in [1.165, 1.54) is 42.7 Å². The lowest BCUT2D eigenvalue weighted by atomic mass is 10.2. The van der Waals surface area contributed by atoms with Crippen molar-refractivity contribution in [3.8, 4) is 0 Å². The van der Waals surface area contributed by atoms with Crippen LogP contribution in [0.5, 0.6) is 0 Å². The minimum Gasteiger partial charge on any atom is -0.385 e. The summed E-state index contributed by atoms with van der Waals surface area (Å²) in [5.74, 6) is 1.30. The molecule has 1 heterocycles. The number of rotatable bonds is 8. The Hall–Kier alpha value is -0.700. The predicted molar refractivity (Wildman–Crippen MR) is 74.3 cm³/mol. The van der Waals surface area contributed by atoms with Gasteiger partial charge in [-0.25, -0.2) is 0 Å². The van der Waals surface area contributed by atoms with Gasteiger partial charge in [-0.3, -0.25) is 4.98 Å². The topological polar surface area (TPSA) is 24.9 Å². The monoisotopic (exact) mass is 238 g/mol. The molecule has 0 unspecified atom stereocenters. The van der Waals surface area contributed by atoms with Crippen LogP contribution < -0.4 is 5.32 Å². The summed E-state index contributed by atoms with van der Waals surface area (Å²) in [5, 5.41) is 3.46. The van der Waals surface area contributed by atoms with Crippen molar-refractivity contribution in [1.29, 1.82) is 0 Å². The molecule has 0 atom stereocenters. The van der Waals surface area contributed by atoms with E-state index in [2.05, 4.69) is 23.5 Å². The van der Waals surface area contributed by atoms with Crippen LogP contribution in [0.25, 0.3) is 0 Å². The summed E-state index contributed by atoms with van der Waals surface area (Å²) in [6, 6.07) is 2.04. The second-order valence-corrected chi connectivity index (χ2v) is 5.01. The molecule has 0 bridgehead atoms. The van der Waals surface area contributed by atoms with Crippen LogP contribution in [0.15, 0.2) is 18.5 Å². The number of nitrogens with zero attached hydrogens (tertiary/aromatic N) is 1. The molecule has 0 radical (unpaired) electrons. The molecule has 0 saturated heterocycles. The highest BCUT2D eigenvalue weighted by molar-refractivity contribution is 7.98. The van der Waals surface area contributed by atoms with E-state index < -0.39 is 0 Å². The minimum atomic E-state index is 1.07. The van der Waals surface area contributed by atoms with Crippen molar-refractivity contribution < 1.29 is 0 Å². The highest BCUT2D eigenvalue weighted by atomic mass is 32.2. The highest BCUT2D eigenvalue weighted by Gasteiger charge is 1.95. The van der Waals surface area contributed by atoms with E-state index in [0.29, 0.717) is 0 Å². The Kier molecular flexibility index (Phi) is 7.06. The summed E-state index contributed by atoms with van der Waals surface area (Å²) in [4.78, 5) is 4.08. The number of hydrogen-bond acceptors (Lipinski definition) is 3. The first-order chi connectivity index (χ1) is 7.84. The van der Waals surface area contributed by atoms with Crippen LogP contribution in [0.4, 0.5) is 5.69 Å². The molecule has 0 aliphatic carbocycles. The van der Waals surface area contributed by atoms with Crippen LogP contribution in [0, 0.1) is 6.92 Å². The van der Waals surface area contributed by atoms with Crippen LogP contribution >= 0.6 is 11.8 Å². The summed E-state index contributed by atoms with van der Waals surface area (Å²) < 4.78 is 0. The first-order valence-corrected chi connectivity index (χ1v) is 7.37. The van der Waals surface area contributed by atoms with E-state index in [0.717, 1.165) is 6.54 Å². The van der Waals surface area contributed by atoms with E-state index in [1.807, 2.05) is 30.2 Å². The Morgan fingerprint density at radius 3 is 2.81 bits per heavy atom. The van der Waals surface area contributed by atoms with Crippen molar-refractivity contribution >= 4 is 17.4 Å². The molecular weight excluding hydrogens is 216 g/mol. The van der Waals surface area contributed by atoms with Gasteiger partial charge in [0.1, 0.15) is 0 Å². The molecular formula is C13H22N2S. The Morgan fingerprint density at radius 2 is 2.06 bits per heavy atom. The van der Waals surface area contributed by atoms with Crippen molar-refractivity contribution in [2.75, 3.05) is 23.9 Å². The third kappa shape index (κ3) is 5.40. The molecule has 0 saturated carbocycles. The van der Waals surface area contributed by atoms with Gasteiger partial charge in [-0.15, -0.1) is 0 Å². The molecule has 0 aliphatic rings. The standard InChI is InChI=1S/C13H22N2S/c1-12-11-14-9-7-13(12)15-8-5-3-4-6-10-16-2/h7,9,11H,3-6,8,10H2,1-2H3,(H,14,15). The van der Waals surface area contributed by atoms with E-state index >= 15 is 0 Å². The average Bonchev–Trinajstić information content (AvgIpc) is 2.30. The van der Waals surface area contributed by atoms with Gasteiger partial charge in [0.25, 0.3) is 0 Å². The van der Waals surface area contributed by atoms with Crippen molar-refractivity contribution in [2.45, 2.75) is 32.6 Å².